The minimum atomic E-state index is 0.778. The molecule has 6 heterocycles. The largest absolute Gasteiger partial charge is 0.456 e. The summed E-state index contributed by atoms with van der Waals surface area (Å²) in [4.78, 5) is 14.3. The summed E-state index contributed by atoms with van der Waals surface area (Å²) in [5.74, 6) is 0. The normalized spacial score (nSPS) is 11.9. The molecule has 0 amide bonds. The minimum Gasteiger partial charge on any atom is -0.456 e. The highest BCUT2D eigenvalue weighted by molar-refractivity contribution is 6.08. The maximum Gasteiger partial charge on any atom is 0.153 e. The molecule has 0 saturated heterocycles. The Morgan fingerprint density at radius 3 is 1.16 bits per heavy atom. The summed E-state index contributed by atoms with van der Waals surface area (Å²) in [6.07, 6.45) is 3.60. The summed E-state index contributed by atoms with van der Waals surface area (Å²) >= 11 is 0. The molecule has 0 spiro atoms. The van der Waals surface area contributed by atoms with E-state index in [0.717, 1.165) is 122 Å². The number of furan rings is 3. The third-order valence-electron chi connectivity index (χ3n) is 11.0. The number of hydrogen-bond donors (Lipinski definition) is 0. The molecule has 0 aliphatic carbocycles. The number of aromatic nitrogens is 3. The molecule has 12 aromatic rings. The van der Waals surface area contributed by atoms with Crippen molar-refractivity contribution in [2.75, 3.05) is 0 Å². The maximum absolute atomic E-state index is 6.34. The third kappa shape index (κ3) is 5.23. The molecule has 6 nitrogen and oxygen atoms in total. The van der Waals surface area contributed by atoms with E-state index in [1.165, 1.54) is 0 Å². The first kappa shape index (κ1) is 31.5. The Hall–Kier alpha value is -7.83. The molecule has 6 aromatic heterocycles. The van der Waals surface area contributed by atoms with E-state index >= 15 is 0 Å². The highest BCUT2D eigenvalue weighted by Gasteiger charge is 2.15. The van der Waals surface area contributed by atoms with Crippen LogP contribution in [0.4, 0.5) is 0 Å². The van der Waals surface area contributed by atoms with Crippen molar-refractivity contribution in [2.24, 2.45) is 0 Å². The molecule has 12 rings (SSSR count). The van der Waals surface area contributed by atoms with Gasteiger partial charge in [0.05, 0.1) is 11.4 Å². The van der Waals surface area contributed by atoms with Gasteiger partial charge in [0.1, 0.15) is 33.4 Å². The van der Waals surface area contributed by atoms with Crippen molar-refractivity contribution in [3.05, 3.63) is 176 Å². The molecule has 0 radical (unpaired) electrons. The quantitative estimate of drug-likeness (QED) is 0.175. The number of benzene rings is 6. The van der Waals surface area contributed by atoms with Gasteiger partial charge >= 0.3 is 0 Å². The molecule has 57 heavy (non-hydrogen) atoms. The number of nitrogens with zero attached hydrogens (tertiary/aromatic N) is 3. The van der Waals surface area contributed by atoms with E-state index in [1.54, 1.807) is 6.20 Å². The van der Waals surface area contributed by atoms with E-state index in [-0.39, 0.29) is 0 Å². The van der Waals surface area contributed by atoms with Gasteiger partial charge in [0.25, 0.3) is 0 Å². The van der Waals surface area contributed by atoms with Crippen molar-refractivity contribution in [1.29, 1.82) is 0 Å². The minimum absolute atomic E-state index is 0.778. The van der Waals surface area contributed by atoms with Gasteiger partial charge in [0, 0.05) is 45.1 Å². The Labute approximate surface area is 325 Å². The number of hydrogen-bond acceptors (Lipinski definition) is 6. The zero-order valence-electron chi connectivity index (χ0n) is 30.3. The summed E-state index contributed by atoms with van der Waals surface area (Å²) in [5, 5.41) is 4.11. The lowest BCUT2D eigenvalue weighted by atomic mass is 9.95. The lowest BCUT2D eigenvalue weighted by molar-refractivity contribution is 0.668. The van der Waals surface area contributed by atoms with Gasteiger partial charge < -0.3 is 13.3 Å². The van der Waals surface area contributed by atoms with Crippen LogP contribution in [0.2, 0.25) is 0 Å². The predicted octanol–water partition coefficient (Wildman–Crippen LogP) is 13.9. The molecule has 6 heteroatoms. The van der Waals surface area contributed by atoms with E-state index in [9.17, 15) is 0 Å². The van der Waals surface area contributed by atoms with Crippen molar-refractivity contribution in [1.82, 2.24) is 15.0 Å². The third-order valence-corrected chi connectivity index (χ3v) is 11.0. The highest BCUT2D eigenvalue weighted by atomic mass is 16.3. The highest BCUT2D eigenvalue weighted by Crippen LogP contribution is 2.38. The van der Waals surface area contributed by atoms with Gasteiger partial charge in [0.15, 0.2) is 11.2 Å². The molecule has 0 aliphatic heterocycles. The van der Waals surface area contributed by atoms with Crippen LogP contribution in [0.15, 0.2) is 189 Å². The number of pyridine rings is 3. The van der Waals surface area contributed by atoms with Crippen LogP contribution >= 0.6 is 0 Å². The molecule has 0 aliphatic rings. The molecule has 0 N–H and O–H groups in total. The topological polar surface area (TPSA) is 78.1 Å². The Morgan fingerprint density at radius 1 is 0.281 bits per heavy atom. The molecule has 0 saturated carbocycles. The molecule has 0 unspecified atom stereocenters. The maximum atomic E-state index is 6.34. The lowest BCUT2D eigenvalue weighted by Gasteiger charge is -2.09. The molecule has 0 bridgehead atoms. The second kappa shape index (κ2) is 12.3. The zero-order valence-corrected chi connectivity index (χ0v) is 30.3. The van der Waals surface area contributed by atoms with E-state index < -0.39 is 0 Å². The first-order valence-electron chi connectivity index (χ1n) is 18.9. The van der Waals surface area contributed by atoms with Crippen LogP contribution in [0.25, 0.3) is 122 Å². The fourth-order valence-electron chi connectivity index (χ4n) is 8.16. The Morgan fingerprint density at radius 2 is 0.649 bits per heavy atom. The van der Waals surface area contributed by atoms with Gasteiger partial charge in [-0.3, -0.25) is 9.97 Å². The van der Waals surface area contributed by atoms with Crippen molar-refractivity contribution >= 4 is 66.1 Å². The summed E-state index contributed by atoms with van der Waals surface area (Å²) in [7, 11) is 0. The summed E-state index contributed by atoms with van der Waals surface area (Å²) in [6.45, 7) is 0. The van der Waals surface area contributed by atoms with Gasteiger partial charge in [0.2, 0.25) is 0 Å². The first-order valence-corrected chi connectivity index (χ1v) is 18.9. The van der Waals surface area contributed by atoms with Gasteiger partial charge in [-0.1, -0.05) is 54.6 Å². The van der Waals surface area contributed by atoms with E-state index in [4.69, 9.17) is 18.2 Å². The molecule has 266 valence electrons. The SMILES string of the molecule is c1cc(-c2cccc(-c3ccc4oc5cccnc5c4c3)c2)cc(-c2ccc3oc4ccc(-c5cccc(-c6ccc7oc8cccnc8c7c6)n5)cc4c3c2)c1. The monoisotopic (exact) mass is 731 g/mol. The van der Waals surface area contributed by atoms with Crippen molar-refractivity contribution in [3.63, 3.8) is 0 Å². The molecular formula is C51H29N3O3. The lowest BCUT2D eigenvalue weighted by Crippen LogP contribution is -1.88. The van der Waals surface area contributed by atoms with Crippen molar-refractivity contribution in [2.45, 2.75) is 0 Å². The van der Waals surface area contributed by atoms with E-state index in [1.807, 2.05) is 54.7 Å². The summed E-state index contributed by atoms with van der Waals surface area (Å²) in [5.41, 5.74) is 17.3. The Bertz CT molecular complexity index is 3550. The summed E-state index contributed by atoms with van der Waals surface area (Å²) < 4.78 is 18.4. The predicted molar refractivity (Wildman–Crippen MR) is 229 cm³/mol. The van der Waals surface area contributed by atoms with Gasteiger partial charge in [-0.2, -0.15) is 0 Å². The van der Waals surface area contributed by atoms with Crippen LogP contribution in [0.3, 0.4) is 0 Å². The van der Waals surface area contributed by atoms with Crippen LogP contribution < -0.4 is 0 Å². The van der Waals surface area contributed by atoms with Crippen LogP contribution in [0, 0.1) is 0 Å². The second-order valence-electron chi connectivity index (χ2n) is 14.4. The zero-order chi connectivity index (χ0) is 37.5. The fourth-order valence-corrected chi connectivity index (χ4v) is 8.16. The average molecular weight is 732 g/mol. The van der Waals surface area contributed by atoms with Crippen LogP contribution in [0.1, 0.15) is 0 Å². The molecular weight excluding hydrogens is 703 g/mol. The van der Waals surface area contributed by atoms with Crippen LogP contribution in [0.5, 0.6) is 0 Å². The Kier molecular flexibility index (Phi) is 6.83. The summed E-state index contributed by atoms with van der Waals surface area (Å²) in [6, 6.07) is 56.5. The fraction of sp³-hybridized carbons (Fsp3) is 0. The standard InChI is InChI=1S/C51H29N3O3/c1-6-30(31-7-2-9-33(25-31)35-15-19-46-40(27-35)50-48(56-46)12-4-22-52-50)24-32(8-1)34-14-18-44-38(26-34)39-28-36(16-20-45(39)55-44)42-10-3-11-43(54-42)37-17-21-47-41(29-37)51-49(57-47)13-5-23-53-51/h1-29H. The van der Waals surface area contributed by atoms with Crippen molar-refractivity contribution in [3.8, 4) is 55.9 Å². The van der Waals surface area contributed by atoms with E-state index in [0.29, 0.717) is 0 Å². The second-order valence-corrected chi connectivity index (χ2v) is 14.4. The van der Waals surface area contributed by atoms with E-state index in [2.05, 4.69) is 125 Å². The molecule has 6 aromatic carbocycles. The van der Waals surface area contributed by atoms with Gasteiger partial charge in [-0.15, -0.1) is 0 Å². The van der Waals surface area contributed by atoms with Gasteiger partial charge in [-0.05, 0) is 143 Å². The Balaban J connectivity index is 0.881. The van der Waals surface area contributed by atoms with Gasteiger partial charge in [-0.25, -0.2) is 4.98 Å². The van der Waals surface area contributed by atoms with Crippen LogP contribution in [-0.2, 0) is 0 Å². The number of fused-ring (bicyclic) bond motifs is 9. The smallest absolute Gasteiger partial charge is 0.153 e. The molecule has 0 fully saturated rings. The van der Waals surface area contributed by atoms with Crippen LogP contribution in [-0.4, -0.2) is 15.0 Å². The molecule has 0 atom stereocenters. The average Bonchev–Trinajstić information content (AvgIpc) is 3.96. The number of rotatable bonds is 5. The first-order chi connectivity index (χ1) is 28.2. The van der Waals surface area contributed by atoms with Crippen molar-refractivity contribution < 1.29 is 13.3 Å².